The maximum absolute atomic E-state index is 10.2. The third-order valence-electron chi connectivity index (χ3n) is 2.73. The van der Waals surface area contributed by atoms with Crippen molar-refractivity contribution >= 4 is 0 Å². The number of ether oxygens (including phenoxy) is 1. The van der Waals surface area contributed by atoms with Gasteiger partial charge in [-0.05, 0) is 19.4 Å². The molecular formula is C12H26N2O2. The topological polar surface area (TPSA) is 44.7 Å². The molecule has 0 spiro atoms. The van der Waals surface area contributed by atoms with Crippen LogP contribution in [-0.2, 0) is 4.74 Å². The number of nitrogens with zero attached hydrogens (tertiary/aromatic N) is 1. The first-order valence-corrected chi connectivity index (χ1v) is 6.23. The van der Waals surface area contributed by atoms with Crippen LogP contribution in [0, 0.1) is 5.92 Å². The number of rotatable bonds is 6. The van der Waals surface area contributed by atoms with E-state index in [1.807, 2.05) is 6.92 Å². The summed E-state index contributed by atoms with van der Waals surface area (Å²) < 4.78 is 5.29. The summed E-state index contributed by atoms with van der Waals surface area (Å²) >= 11 is 0. The first-order valence-electron chi connectivity index (χ1n) is 6.23. The molecule has 1 heterocycles. The standard InChI is InChI=1S/C12H26N2O2/c1-11(2)8-13-9-12(3,15)10-14-4-6-16-7-5-14/h11,13,15H,4-10H2,1-3H3. The minimum atomic E-state index is -0.647. The van der Waals surface area contributed by atoms with E-state index in [-0.39, 0.29) is 0 Å². The average molecular weight is 230 g/mol. The van der Waals surface area contributed by atoms with Gasteiger partial charge in [0.2, 0.25) is 0 Å². The lowest BCUT2D eigenvalue weighted by molar-refractivity contribution is -0.0219. The lowest BCUT2D eigenvalue weighted by Crippen LogP contribution is -2.50. The predicted molar refractivity (Wildman–Crippen MR) is 65.6 cm³/mol. The molecule has 1 aliphatic rings. The minimum Gasteiger partial charge on any atom is -0.388 e. The van der Waals surface area contributed by atoms with Crippen LogP contribution in [0.25, 0.3) is 0 Å². The molecule has 0 aromatic rings. The van der Waals surface area contributed by atoms with E-state index >= 15 is 0 Å². The highest BCUT2D eigenvalue weighted by Crippen LogP contribution is 2.07. The Labute approximate surface area is 99.0 Å². The molecule has 0 aromatic heterocycles. The first kappa shape index (κ1) is 13.9. The molecule has 16 heavy (non-hydrogen) atoms. The van der Waals surface area contributed by atoms with Crippen LogP contribution in [-0.4, -0.2) is 61.5 Å². The number of hydrogen-bond donors (Lipinski definition) is 2. The zero-order valence-corrected chi connectivity index (χ0v) is 10.8. The molecule has 1 aliphatic heterocycles. The molecule has 4 nitrogen and oxygen atoms in total. The van der Waals surface area contributed by atoms with Crippen LogP contribution in [0.4, 0.5) is 0 Å². The third-order valence-corrected chi connectivity index (χ3v) is 2.73. The average Bonchev–Trinajstić information content (AvgIpc) is 2.17. The molecule has 2 N–H and O–H groups in total. The van der Waals surface area contributed by atoms with Crippen LogP contribution in [0.15, 0.2) is 0 Å². The largest absolute Gasteiger partial charge is 0.388 e. The second kappa shape index (κ2) is 6.55. The molecule has 0 saturated carbocycles. The van der Waals surface area contributed by atoms with Gasteiger partial charge in [0.1, 0.15) is 0 Å². The van der Waals surface area contributed by atoms with E-state index < -0.39 is 5.60 Å². The van der Waals surface area contributed by atoms with Crippen molar-refractivity contribution in [3.63, 3.8) is 0 Å². The van der Waals surface area contributed by atoms with Crippen LogP contribution >= 0.6 is 0 Å². The van der Waals surface area contributed by atoms with E-state index in [1.54, 1.807) is 0 Å². The van der Waals surface area contributed by atoms with Gasteiger partial charge in [-0.15, -0.1) is 0 Å². The fourth-order valence-corrected chi connectivity index (χ4v) is 1.93. The summed E-state index contributed by atoms with van der Waals surface area (Å²) in [6.45, 7) is 12.0. The number of hydrogen-bond acceptors (Lipinski definition) is 4. The van der Waals surface area contributed by atoms with Crippen molar-refractivity contribution in [3.05, 3.63) is 0 Å². The fourth-order valence-electron chi connectivity index (χ4n) is 1.93. The highest BCUT2D eigenvalue weighted by molar-refractivity contribution is 4.81. The summed E-state index contributed by atoms with van der Waals surface area (Å²) in [4.78, 5) is 2.26. The molecule has 1 unspecified atom stereocenters. The van der Waals surface area contributed by atoms with Gasteiger partial charge in [0.15, 0.2) is 0 Å². The van der Waals surface area contributed by atoms with E-state index in [0.29, 0.717) is 12.5 Å². The summed E-state index contributed by atoms with van der Waals surface area (Å²) in [6.07, 6.45) is 0. The molecule has 4 heteroatoms. The summed E-state index contributed by atoms with van der Waals surface area (Å²) in [7, 11) is 0. The monoisotopic (exact) mass is 230 g/mol. The van der Waals surface area contributed by atoms with Crippen LogP contribution < -0.4 is 5.32 Å². The molecule has 1 fully saturated rings. The molecule has 1 atom stereocenters. The lowest BCUT2D eigenvalue weighted by Gasteiger charge is -2.34. The Kier molecular flexibility index (Phi) is 5.69. The van der Waals surface area contributed by atoms with Gasteiger partial charge in [-0.3, -0.25) is 4.90 Å². The van der Waals surface area contributed by atoms with Crippen molar-refractivity contribution in [2.45, 2.75) is 26.4 Å². The lowest BCUT2D eigenvalue weighted by atomic mass is 10.1. The number of morpholine rings is 1. The van der Waals surface area contributed by atoms with Gasteiger partial charge in [0, 0.05) is 26.2 Å². The van der Waals surface area contributed by atoms with Crippen molar-refractivity contribution in [1.29, 1.82) is 0 Å². The van der Waals surface area contributed by atoms with Crippen molar-refractivity contribution < 1.29 is 9.84 Å². The third kappa shape index (κ3) is 5.80. The summed E-state index contributed by atoms with van der Waals surface area (Å²) in [5, 5.41) is 13.5. The maximum Gasteiger partial charge on any atom is 0.0869 e. The van der Waals surface area contributed by atoms with Crippen LogP contribution in [0.5, 0.6) is 0 Å². The maximum atomic E-state index is 10.2. The van der Waals surface area contributed by atoms with Crippen molar-refractivity contribution in [2.75, 3.05) is 45.9 Å². The number of nitrogens with one attached hydrogen (secondary N) is 1. The molecule has 1 saturated heterocycles. The molecular weight excluding hydrogens is 204 g/mol. The Balaban J connectivity index is 2.21. The van der Waals surface area contributed by atoms with Crippen molar-refractivity contribution in [3.8, 4) is 0 Å². The number of aliphatic hydroxyl groups is 1. The second-order valence-electron chi connectivity index (χ2n) is 5.41. The van der Waals surface area contributed by atoms with Crippen LogP contribution in [0.3, 0.4) is 0 Å². The normalized spacial score (nSPS) is 22.3. The second-order valence-corrected chi connectivity index (χ2v) is 5.41. The van der Waals surface area contributed by atoms with Crippen LogP contribution in [0.1, 0.15) is 20.8 Å². The Hall–Kier alpha value is -0.160. The van der Waals surface area contributed by atoms with Gasteiger partial charge in [-0.2, -0.15) is 0 Å². The Morgan fingerprint density at radius 3 is 2.56 bits per heavy atom. The quantitative estimate of drug-likeness (QED) is 0.689. The van der Waals surface area contributed by atoms with Gasteiger partial charge in [-0.25, -0.2) is 0 Å². The van der Waals surface area contributed by atoms with E-state index in [0.717, 1.165) is 39.4 Å². The predicted octanol–water partition coefficient (Wildman–Crippen LogP) is 0.315. The summed E-state index contributed by atoms with van der Waals surface area (Å²) in [6, 6.07) is 0. The number of β-amino-alcohol motifs (C(OH)–C–C–N with tert-alkyl or cyclic N) is 1. The molecule has 96 valence electrons. The van der Waals surface area contributed by atoms with Crippen molar-refractivity contribution in [1.82, 2.24) is 10.2 Å². The van der Waals surface area contributed by atoms with E-state index in [1.165, 1.54) is 0 Å². The summed E-state index contributed by atoms with van der Waals surface area (Å²) in [5.41, 5.74) is -0.647. The van der Waals surface area contributed by atoms with Gasteiger partial charge >= 0.3 is 0 Å². The Bertz CT molecular complexity index is 189. The fraction of sp³-hybridized carbons (Fsp3) is 1.00. The first-order chi connectivity index (χ1) is 7.49. The van der Waals surface area contributed by atoms with Gasteiger partial charge in [0.05, 0.1) is 18.8 Å². The molecule has 0 aromatic carbocycles. The van der Waals surface area contributed by atoms with Gasteiger partial charge in [0.25, 0.3) is 0 Å². The van der Waals surface area contributed by atoms with Gasteiger partial charge < -0.3 is 15.2 Å². The highest BCUT2D eigenvalue weighted by Gasteiger charge is 2.24. The molecule has 1 rings (SSSR count). The SMILES string of the molecule is CC(C)CNCC(C)(O)CN1CCOCC1. The Morgan fingerprint density at radius 1 is 1.38 bits per heavy atom. The zero-order valence-electron chi connectivity index (χ0n) is 10.8. The highest BCUT2D eigenvalue weighted by atomic mass is 16.5. The van der Waals surface area contributed by atoms with E-state index in [9.17, 15) is 5.11 Å². The molecule has 0 radical (unpaired) electrons. The van der Waals surface area contributed by atoms with Crippen LogP contribution in [0.2, 0.25) is 0 Å². The molecule has 0 bridgehead atoms. The van der Waals surface area contributed by atoms with E-state index in [4.69, 9.17) is 4.74 Å². The van der Waals surface area contributed by atoms with E-state index in [2.05, 4.69) is 24.1 Å². The van der Waals surface area contributed by atoms with Gasteiger partial charge in [-0.1, -0.05) is 13.8 Å². The molecule has 0 amide bonds. The minimum absolute atomic E-state index is 0.624. The zero-order chi connectivity index (χ0) is 12.0. The molecule has 0 aliphatic carbocycles. The summed E-state index contributed by atoms with van der Waals surface area (Å²) in [5.74, 6) is 0.624. The smallest absolute Gasteiger partial charge is 0.0869 e. The Morgan fingerprint density at radius 2 is 2.00 bits per heavy atom. The van der Waals surface area contributed by atoms with Crippen molar-refractivity contribution in [2.24, 2.45) is 5.92 Å².